The van der Waals surface area contributed by atoms with E-state index in [0.717, 1.165) is 23.2 Å². The Morgan fingerprint density at radius 1 is 1.20 bits per heavy atom. The van der Waals surface area contributed by atoms with E-state index in [4.69, 9.17) is 27.9 Å². The summed E-state index contributed by atoms with van der Waals surface area (Å²) in [7, 11) is 1.40. The highest BCUT2D eigenvalue weighted by Gasteiger charge is 2.40. The molecule has 0 aromatic heterocycles. The molecular formula is C20H17Cl2NO2. The minimum atomic E-state index is -0.342. The fraction of sp³-hybridized carbons (Fsp3) is 0.250. The number of allylic oxidation sites excluding steroid dienone is 2. The molecule has 0 spiro atoms. The maximum Gasteiger partial charge on any atom is 0.339 e. The lowest BCUT2D eigenvalue weighted by molar-refractivity contribution is 0.0601. The Morgan fingerprint density at radius 3 is 2.80 bits per heavy atom. The van der Waals surface area contributed by atoms with Gasteiger partial charge in [0.25, 0.3) is 0 Å². The maximum atomic E-state index is 12.2. The number of hydrogen-bond acceptors (Lipinski definition) is 3. The smallest absolute Gasteiger partial charge is 0.339 e. The van der Waals surface area contributed by atoms with Crippen molar-refractivity contribution in [1.29, 1.82) is 0 Å². The standard InChI is InChI=1S/C20H17Cl2NO2/c1-25-20(24)16-7-3-6-14-12-4-2-5-13(12)18(23-19(14)16)15-9-8-11(21)10-17(15)22/h2-4,6-10,12-13,18,23H,5H2,1H3/t12-,13-,18+/m0/s1. The van der Waals surface area contributed by atoms with Crippen molar-refractivity contribution in [3.05, 3.63) is 75.3 Å². The predicted molar refractivity (Wildman–Crippen MR) is 101 cm³/mol. The van der Waals surface area contributed by atoms with E-state index in [1.807, 2.05) is 18.2 Å². The number of anilines is 1. The molecule has 1 aliphatic heterocycles. The lowest BCUT2D eigenvalue weighted by Crippen LogP contribution is -2.30. The summed E-state index contributed by atoms with van der Waals surface area (Å²) in [6, 6.07) is 11.3. The van der Waals surface area contributed by atoms with Gasteiger partial charge < -0.3 is 10.1 Å². The van der Waals surface area contributed by atoms with E-state index >= 15 is 0 Å². The van der Waals surface area contributed by atoms with Gasteiger partial charge in [0, 0.05) is 16.0 Å². The van der Waals surface area contributed by atoms with Crippen LogP contribution in [0.3, 0.4) is 0 Å². The third-order valence-electron chi connectivity index (χ3n) is 5.10. The Morgan fingerprint density at radius 2 is 2.04 bits per heavy atom. The topological polar surface area (TPSA) is 38.3 Å². The second-order valence-corrected chi connectivity index (χ2v) is 7.25. The van der Waals surface area contributed by atoms with Crippen molar-refractivity contribution in [2.75, 3.05) is 12.4 Å². The number of ether oxygens (including phenoxy) is 1. The number of benzene rings is 2. The summed E-state index contributed by atoms with van der Waals surface area (Å²) < 4.78 is 4.95. The number of rotatable bonds is 2. The van der Waals surface area contributed by atoms with Crippen molar-refractivity contribution in [3.8, 4) is 0 Å². The molecule has 0 radical (unpaired) electrons. The van der Waals surface area contributed by atoms with Gasteiger partial charge >= 0.3 is 5.97 Å². The van der Waals surface area contributed by atoms with Crippen molar-refractivity contribution in [2.45, 2.75) is 18.4 Å². The number of hydrogen-bond donors (Lipinski definition) is 1. The van der Waals surface area contributed by atoms with Crippen molar-refractivity contribution >= 4 is 34.9 Å². The van der Waals surface area contributed by atoms with Crippen LogP contribution in [0.1, 0.15) is 39.9 Å². The first-order valence-corrected chi connectivity index (χ1v) is 8.95. The number of para-hydroxylation sites is 1. The minimum Gasteiger partial charge on any atom is -0.465 e. The Labute approximate surface area is 156 Å². The third-order valence-corrected chi connectivity index (χ3v) is 5.66. The van der Waals surface area contributed by atoms with Crippen LogP contribution in [-0.4, -0.2) is 13.1 Å². The molecule has 128 valence electrons. The fourth-order valence-electron chi connectivity index (χ4n) is 3.96. The zero-order valence-corrected chi connectivity index (χ0v) is 15.1. The van der Waals surface area contributed by atoms with Gasteiger partial charge in [-0.15, -0.1) is 0 Å². The molecule has 25 heavy (non-hydrogen) atoms. The van der Waals surface area contributed by atoms with Gasteiger partial charge in [-0.2, -0.15) is 0 Å². The highest BCUT2D eigenvalue weighted by molar-refractivity contribution is 6.35. The second kappa shape index (κ2) is 6.40. The highest BCUT2D eigenvalue weighted by Crippen LogP contribution is 2.51. The van der Waals surface area contributed by atoms with Gasteiger partial charge in [-0.25, -0.2) is 4.79 Å². The molecule has 0 bridgehead atoms. The zero-order valence-electron chi connectivity index (χ0n) is 13.6. The molecule has 1 heterocycles. The van der Waals surface area contributed by atoms with Crippen molar-refractivity contribution in [2.24, 2.45) is 5.92 Å². The number of methoxy groups -OCH3 is 1. The molecule has 0 amide bonds. The van der Waals surface area contributed by atoms with Gasteiger partial charge in [-0.05, 0) is 41.7 Å². The molecule has 0 saturated carbocycles. The molecule has 3 nitrogen and oxygen atoms in total. The molecule has 5 heteroatoms. The largest absolute Gasteiger partial charge is 0.465 e. The van der Waals surface area contributed by atoms with Crippen LogP contribution in [0.25, 0.3) is 0 Å². The normalized spacial score (nSPS) is 23.6. The maximum absolute atomic E-state index is 12.2. The SMILES string of the molecule is COC(=O)c1cccc2c1N[C@@H](c1ccc(Cl)cc1Cl)[C@H]1CC=C[C@H]21. The van der Waals surface area contributed by atoms with E-state index in [-0.39, 0.29) is 17.9 Å². The summed E-state index contributed by atoms with van der Waals surface area (Å²) in [6.45, 7) is 0. The summed E-state index contributed by atoms with van der Waals surface area (Å²) in [4.78, 5) is 12.2. The average Bonchev–Trinajstić information content (AvgIpc) is 3.10. The molecule has 0 saturated heterocycles. The van der Waals surface area contributed by atoms with Gasteiger partial charge in [-0.3, -0.25) is 0 Å². The van der Waals surface area contributed by atoms with Crippen molar-refractivity contribution in [3.63, 3.8) is 0 Å². The molecule has 2 aromatic rings. The Kier molecular flexibility index (Phi) is 4.22. The second-order valence-electron chi connectivity index (χ2n) is 6.40. The van der Waals surface area contributed by atoms with Gasteiger partial charge in [0.15, 0.2) is 0 Å². The molecule has 1 N–H and O–H groups in total. The molecule has 0 fully saturated rings. The van der Waals surface area contributed by atoms with Crippen LogP contribution in [0.4, 0.5) is 5.69 Å². The van der Waals surface area contributed by atoms with Crippen LogP contribution in [0, 0.1) is 5.92 Å². The Bertz CT molecular complexity index is 878. The van der Waals surface area contributed by atoms with Crippen LogP contribution in [0.2, 0.25) is 10.0 Å². The number of carbonyl (C=O) groups is 1. The third kappa shape index (κ3) is 2.72. The van der Waals surface area contributed by atoms with Crippen molar-refractivity contribution in [1.82, 2.24) is 0 Å². The first kappa shape index (κ1) is 16.5. The van der Waals surface area contributed by atoms with E-state index in [1.54, 1.807) is 12.1 Å². The molecule has 2 aromatic carbocycles. The summed E-state index contributed by atoms with van der Waals surface area (Å²) in [5.74, 6) is 0.252. The van der Waals surface area contributed by atoms with E-state index in [1.165, 1.54) is 7.11 Å². The van der Waals surface area contributed by atoms with Crippen LogP contribution < -0.4 is 5.32 Å². The minimum absolute atomic E-state index is 0.00285. The summed E-state index contributed by atoms with van der Waals surface area (Å²) in [6.07, 6.45) is 5.39. The van der Waals surface area contributed by atoms with Gasteiger partial charge in [0.05, 0.1) is 24.4 Å². The van der Waals surface area contributed by atoms with Gasteiger partial charge in [0.1, 0.15) is 0 Å². The summed E-state index contributed by atoms with van der Waals surface area (Å²) >= 11 is 12.5. The fourth-order valence-corrected chi connectivity index (χ4v) is 4.49. The van der Waals surface area contributed by atoms with Gasteiger partial charge in [-0.1, -0.05) is 53.6 Å². The average molecular weight is 374 g/mol. The molecule has 4 rings (SSSR count). The zero-order chi connectivity index (χ0) is 17.6. The number of esters is 1. The van der Waals surface area contributed by atoms with Crippen LogP contribution in [0.15, 0.2) is 48.6 Å². The van der Waals surface area contributed by atoms with E-state index < -0.39 is 0 Å². The van der Waals surface area contributed by atoms with Crippen LogP contribution >= 0.6 is 23.2 Å². The first-order chi connectivity index (χ1) is 12.1. The lowest BCUT2D eigenvalue weighted by Gasteiger charge is -2.38. The van der Waals surface area contributed by atoms with E-state index in [2.05, 4.69) is 23.5 Å². The lowest BCUT2D eigenvalue weighted by atomic mass is 9.76. The Balaban J connectivity index is 1.84. The molecule has 1 aliphatic carbocycles. The summed E-state index contributed by atoms with van der Waals surface area (Å²) in [5.41, 5.74) is 3.50. The molecular weight excluding hydrogens is 357 g/mol. The van der Waals surface area contributed by atoms with Crippen LogP contribution in [0.5, 0.6) is 0 Å². The number of carbonyl (C=O) groups excluding carboxylic acids is 1. The molecule has 2 aliphatic rings. The Hall–Kier alpha value is -1.97. The van der Waals surface area contributed by atoms with E-state index in [0.29, 0.717) is 21.5 Å². The van der Waals surface area contributed by atoms with Crippen LogP contribution in [-0.2, 0) is 4.74 Å². The predicted octanol–water partition coefficient (Wildman–Crippen LogP) is 5.61. The quantitative estimate of drug-likeness (QED) is 0.549. The number of fused-ring (bicyclic) bond motifs is 3. The highest BCUT2D eigenvalue weighted by atomic mass is 35.5. The summed E-state index contributed by atoms with van der Waals surface area (Å²) in [5, 5.41) is 4.81. The molecule has 3 atom stereocenters. The first-order valence-electron chi connectivity index (χ1n) is 8.19. The number of halogens is 2. The van der Waals surface area contributed by atoms with Crippen molar-refractivity contribution < 1.29 is 9.53 Å². The van der Waals surface area contributed by atoms with Gasteiger partial charge in [0.2, 0.25) is 0 Å². The molecule has 0 unspecified atom stereocenters. The van der Waals surface area contributed by atoms with E-state index in [9.17, 15) is 4.79 Å². The number of nitrogens with one attached hydrogen (secondary N) is 1. The monoisotopic (exact) mass is 373 g/mol.